The number of amides is 2. The smallest absolute Gasteiger partial charge is 0.224 e. The molecule has 2 aromatic rings. The molecular weight excluding hydrogens is 326 g/mol. The zero-order valence-corrected chi connectivity index (χ0v) is 15.3. The van der Waals surface area contributed by atoms with E-state index < -0.39 is 0 Å². The van der Waals surface area contributed by atoms with E-state index >= 15 is 0 Å². The first-order valence-electron chi connectivity index (χ1n) is 8.90. The average molecular weight is 351 g/mol. The monoisotopic (exact) mass is 351 g/mol. The van der Waals surface area contributed by atoms with E-state index in [1.165, 1.54) is 5.56 Å². The summed E-state index contributed by atoms with van der Waals surface area (Å²) in [6.45, 7) is 1.44. The van der Waals surface area contributed by atoms with Crippen LogP contribution in [0.4, 0.5) is 5.69 Å². The van der Waals surface area contributed by atoms with E-state index in [9.17, 15) is 9.59 Å². The van der Waals surface area contributed by atoms with Crippen molar-refractivity contribution in [1.82, 2.24) is 10.2 Å². The van der Waals surface area contributed by atoms with Gasteiger partial charge in [0.05, 0.1) is 6.42 Å². The standard InChI is InChI=1S/C21H25N3O2/c1-24(2)14-16-5-3-15(4-6-16)13-22-21(26)12-17-7-9-19-18(11-17)8-10-20(25)23-19/h3-7,9,11H,8,10,12-14H2,1-2H3,(H,22,26)(H,23,25). The van der Waals surface area contributed by atoms with Gasteiger partial charge in [-0.15, -0.1) is 0 Å². The molecule has 0 unspecified atom stereocenters. The number of nitrogens with one attached hydrogen (secondary N) is 2. The van der Waals surface area contributed by atoms with Crippen LogP contribution in [-0.4, -0.2) is 30.8 Å². The maximum Gasteiger partial charge on any atom is 0.224 e. The summed E-state index contributed by atoms with van der Waals surface area (Å²) >= 11 is 0. The van der Waals surface area contributed by atoms with Gasteiger partial charge < -0.3 is 15.5 Å². The summed E-state index contributed by atoms with van der Waals surface area (Å²) < 4.78 is 0. The number of carbonyl (C=O) groups excluding carboxylic acids is 2. The van der Waals surface area contributed by atoms with E-state index in [2.05, 4.69) is 39.8 Å². The van der Waals surface area contributed by atoms with Crippen LogP contribution in [0.15, 0.2) is 42.5 Å². The maximum atomic E-state index is 12.2. The first-order valence-corrected chi connectivity index (χ1v) is 8.90. The molecule has 0 saturated carbocycles. The summed E-state index contributed by atoms with van der Waals surface area (Å²) in [5.74, 6) is 0.0572. The van der Waals surface area contributed by atoms with Crippen molar-refractivity contribution in [3.05, 3.63) is 64.7 Å². The Bertz CT molecular complexity index is 797. The Morgan fingerprint density at radius 1 is 1.04 bits per heavy atom. The van der Waals surface area contributed by atoms with Crippen LogP contribution >= 0.6 is 0 Å². The highest BCUT2D eigenvalue weighted by Gasteiger charge is 2.15. The van der Waals surface area contributed by atoms with E-state index in [1.807, 2.05) is 32.3 Å². The fourth-order valence-electron chi connectivity index (χ4n) is 3.12. The second-order valence-corrected chi connectivity index (χ2v) is 7.05. The van der Waals surface area contributed by atoms with Crippen molar-refractivity contribution in [1.29, 1.82) is 0 Å². The highest BCUT2D eigenvalue weighted by Crippen LogP contribution is 2.23. The van der Waals surface area contributed by atoms with Gasteiger partial charge in [0.1, 0.15) is 0 Å². The molecule has 0 saturated heterocycles. The Kier molecular flexibility index (Phi) is 5.68. The Morgan fingerprint density at radius 2 is 1.73 bits per heavy atom. The Morgan fingerprint density at radius 3 is 2.46 bits per heavy atom. The zero-order chi connectivity index (χ0) is 18.5. The quantitative estimate of drug-likeness (QED) is 0.841. The third-order valence-corrected chi connectivity index (χ3v) is 4.44. The molecule has 1 aliphatic heterocycles. The molecule has 2 N–H and O–H groups in total. The molecule has 3 rings (SSSR count). The lowest BCUT2D eigenvalue weighted by atomic mass is 9.99. The van der Waals surface area contributed by atoms with E-state index in [0.717, 1.165) is 35.3 Å². The summed E-state index contributed by atoms with van der Waals surface area (Å²) in [6.07, 6.45) is 1.59. The van der Waals surface area contributed by atoms with E-state index in [4.69, 9.17) is 0 Å². The fourth-order valence-corrected chi connectivity index (χ4v) is 3.12. The molecule has 5 nitrogen and oxygen atoms in total. The minimum atomic E-state index is 0.00200. The molecule has 1 heterocycles. The Balaban J connectivity index is 1.52. The number of hydrogen-bond acceptors (Lipinski definition) is 3. The van der Waals surface area contributed by atoms with Crippen LogP contribution in [0.25, 0.3) is 0 Å². The van der Waals surface area contributed by atoms with Crippen LogP contribution in [-0.2, 0) is 35.5 Å². The van der Waals surface area contributed by atoms with Crippen molar-refractivity contribution in [3.8, 4) is 0 Å². The molecular formula is C21H25N3O2. The highest BCUT2D eigenvalue weighted by atomic mass is 16.2. The van der Waals surface area contributed by atoms with Gasteiger partial charge in [0.25, 0.3) is 0 Å². The second kappa shape index (κ2) is 8.15. The molecule has 0 radical (unpaired) electrons. The van der Waals surface area contributed by atoms with Gasteiger partial charge in [-0.1, -0.05) is 36.4 Å². The molecule has 0 spiro atoms. The van der Waals surface area contributed by atoms with E-state index in [-0.39, 0.29) is 11.8 Å². The van der Waals surface area contributed by atoms with Crippen molar-refractivity contribution >= 4 is 17.5 Å². The largest absolute Gasteiger partial charge is 0.352 e. The van der Waals surface area contributed by atoms with Gasteiger partial charge >= 0.3 is 0 Å². The number of nitrogens with zero attached hydrogens (tertiary/aromatic N) is 1. The molecule has 1 aliphatic rings. The van der Waals surface area contributed by atoms with Crippen LogP contribution < -0.4 is 10.6 Å². The maximum absolute atomic E-state index is 12.2. The molecule has 0 aliphatic carbocycles. The normalized spacial score (nSPS) is 13.3. The van der Waals surface area contributed by atoms with E-state index in [1.54, 1.807) is 0 Å². The summed E-state index contributed by atoms with van der Waals surface area (Å²) in [5.41, 5.74) is 5.29. The van der Waals surface area contributed by atoms with Crippen molar-refractivity contribution < 1.29 is 9.59 Å². The van der Waals surface area contributed by atoms with Crippen LogP contribution in [0.1, 0.15) is 28.7 Å². The van der Waals surface area contributed by atoms with Crippen molar-refractivity contribution in [2.24, 2.45) is 0 Å². The lowest BCUT2D eigenvalue weighted by Crippen LogP contribution is -2.25. The van der Waals surface area contributed by atoms with Crippen LogP contribution in [0.5, 0.6) is 0 Å². The van der Waals surface area contributed by atoms with Crippen molar-refractivity contribution in [2.45, 2.75) is 32.4 Å². The molecule has 0 aromatic heterocycles. The Hall–Kier alpha value is -2.66. The second-order valence-electron chi connectivity index (χ2n) is 7.05. The van der Waals surface area contributed by atoms with Crippen LogP contribution in [0.3, 0.4) is 0 Å². The van der Waals surface area contributed by atoms with Gasteiger partial charge in [0, 0.05) is 25.2 Å². The molecule has 2 aromatic carbocycles. The predicted octanol–water partition coefficient (Wildman–Crippen LogP) is 2.49. The molecule has 2 amide bonds. The Labute approximate surface area is 154 Å². The van der Waals surface area contributed by atoms with Crippen molar-refractivity contribution in [2.75, 3.05) is 19.4 Å². The number of anilines is 1. The minimum absolute atomic E-state index is 0.00200. The van der Waals surface area contributed by atoms with Gasteiger partial charge in [-0.2, -0.15) is 0 Å². The number of hydrogen-bond donors (Lipinski definition) is 2. The first kappa shape index (κ1) is 18.1. The van der Waals surface area contributed by atoms with Crippen LogP contribution in [0, 0.1) is 0 Å². The van der Waals surface area contributed by atoms with E-state index in [0.29, 0.717) is 19.4 Å². The molecule has 5 heteroatoms. The van der Waals surface area contributed by atoms with Gasteiger partial charge in [0.2, 0.25) is 11.8 Å². The lowest BCUT2D eigenvalue weighted by Gasteiger charge is -2.17. The molecule has 0 fully saturated rings. The topological polar surface area (TPSA) is 61.4 Å². The number of rotatable bonds is 6. The van der Waals surface area contributed by atoms with Gasteiger partial charge in [-0.25, -0.2) is 0 Å². The third kappa shape index (κ3) is 4.92. The molecule has 0 bridgehead atoms. The number of benzene rings is 2. The first-order chi connectivity index (χ1) is 12.5. The molecule has 26 heavy (non-hydrogen) atoms. The SMILES string of the molecule is CN(C)Cc1ccc(CNC(=O)Cc2ccc3c(c2)CCC(=O)N3)cc1. The summed E-state index contributed by atoms with van der Waals surface area (Å²) in [7, 11) is 4.09. The number of fused-ring (bicyclic) bond motifs is 1. The summed E-state index contributed by atoms with van der Waals surface area (Å²) in [6, 6.07) is 14.1. The third-order valence-electron chi connectivity index (χ3n) is 4.44. The van der Waals surface area contributed by atoms with Crippen LogP contribution in [0.2, 0.25) is 0 Å². The highest BCUT2D eigenvalue weighted by molar-refractivity contribution is 5.94. The summed E-state index contributed by atoms with van der Waals surface area (Å²) in [4.78, 5) is 25.8. The predicted molar refractivity (Wildman–Crippen MR) is 103 cm³/mol. The molecule has 136 valence electrons. The average Bonchev–Trinajstić information content (AvgIpc) is 2.61. The van der Waals surface area contributed by atoms with Crippen molar-refractivity contribution in [3.63, 3.8) is 0 Å². The number of carbonyl (C=O) groups is 2. The lowest BCUT2D eigenvalue weighted by molar-refractivity contribution is -0.120. The van der Waals surface area contributed by atoms with Gasteiger partial charge in [0.15, 0.2) is 0 Å². The van der Waals surface area contributed by atoms with Gasteiger partial charge in [-0.05, 0) is 48.8 Å². The number of aryl methyl sites for hydroxylation is 1. The minimum Gasteiger partial charge on any atom is -0.352 e. The fraction of sp³-hybridized carbons (Fsp3) is 0.333. The van der Waals surface area contributed by atoms with Gasteiger partial charge in [-0.3, -0.25) is 9.59 Å². The zero-order valence-electron chi connectivity index (χ0n) is 15.3. The molecule has 0 atom stereocenters. The summed E-state index contributed by atoms with van der Waals surface area (Å²) in [5, 5.41) is 5.84.